The summed E-state index contributed by atoms with van der Waals surface area (Å²) >= 11 is 0. The molecule has 0 atom stereocenters. The SMILES string of the molecule is Cc1c(N)cccc1CN1CCN(C)C(C)(C)C1. The maximum atomic E-state index is 5.97. The average molecular weight is 247 g/mol. The Bertz CT molecular complexity index is 426. The van der Waals surface area contributed by atoms with Crippen LogP contribution in [0.1, 0.15) is 25.0 Å². The number of hydrogen-bond acceptors (Lipinski definition) is 3. The number of hydrogen-bond donors (Lipinski definition) is 1. The Morgan fingerprint density at radius 2 is 2.00 bits per heavy atom. The Hall–Kier alpha value is -1.06. The van der Waals surface area contributed by atoms with E-state index < -0.39 is 0 Å². The Morgan fingerprint density at radius 1 is 1.28 bits per heavy atom. The number of nitrogen functional groups attached to an aromatic ring is 1. The second-order valence-corrected chi connectivity index (χ2v) is 6.08. The number of nitrogens with two attached hydrogens (primary N) is 1. The number of benzene rings is 1. The van der Waals surface area contributed by atoms with Crippen LogP contribution in [0.15, 0.2) is 18.2 Å². The van der Waals surface area contributed by atoms with Crippen molar-refractivity contribution in [3.05, 3.63) is 29.3 Å². The fourth-order valence-electron chi connectivity index (χ4n) is 2.59. The zero-order valence-electron chi connectivity index (χ0n) is 12.0. The van der Waals surface area contributed by atoms with Crippen LogP contribution in [0.3, 0.4) is 0 Å². The van der Waals surface area contributed by atoms with Gasteiger partial charge in [-0.1, -0.05) is 12.1 Å². The first kappa shape index (κ1) is 13.4. The summed E-state index contributed by atoms with van der Waals surface area (Å²) in [6, 6.07) is 6.22. The summed E-state index contributed by atoms with van der Waals surface area (Å²) < 4.78 is 0. The normalized spacial score (nSPS) is 21.1. The lowest BCUT2D eigenvalue weighted by molar-refractivity contribution is 0.0359. The average Bonchev–Trinajstić information content (AvgIpc) is 2.29. The molecule has 0 unspecified atom stereocenters. The van der Waals surface area contributed by atoms with Gasteiger partial charge in [0.15, 0.2) is 0 Å². The highest BCUT2D eigenvalue weighted by Gasteiger charge is 2.30. The molecule has 3 nitrogen and oxygen atoms in total. The number of anilines is 1. The summed E-state index contributed by atoms with van der Waals surface area (Å²) in [4.78, 5) is 4.97. The molecule has 0 aromatic heterocycles. The molecule has 2 N–H and O–H groups in total. The van der Waals surface area contributed by atoms with Crippen LogP contribution < -0.4 is 5.73 Å². The largest absolute Gasteiger partial charge is 0.399 e. The van der Waals surface area contributed by atoms with E-state index in [0.29, 0.717) is 0 Å². The second-order valence-electron chi connectivity index (χ2n) is 6.08. The van der Waals surface area contributed by atoms with Gasteiger partial charge >= 0.3 is 0 Å². The van der Waals surface area contributed by atoms with Gasteiger partial charge in [0.05, 0.1) is 0 Å². The Balaban J connectivity index is 2.09. The van der Waals surface area contributed by atoms with Crippen LogP contribution in [0.25, 0.3) is 0 Å². The molecule has 0 amide bonds. The maximum absolute atomic E-state index is 5.97. The Kier molecular flexibility index (Phi) is 3.64. The van der Waals surface area contributed by atoms with E-state index in [1.54, 1.807) is 0 Å². The van der Waals surface area contributed by atoms with Crippen molar-refractivity contribution in [1.82, 2.24) is 9.80 Å². The summed E-state index contributed by atoms with van der Waals surface area (Å²) in [6.07, 6.45) is 0. The highest BCUT2D eigenvalue weighted by Crippen LogP contribution is 2.22. The van der Waals surface area contributed by atoms with E-state index in [1.165, 1.54) is 11.1 Å². The summed E-state index contributed by atoms with van der Waals surface area (Å²) in [5.41, 5.74) is 9.72. The second kappa shape index (κ2) is 4.90. The number of rotatable bonds is 2. The summed E-state index contributed by atoms with van der Waals surface area (Å²) in [5.74, 6) is 0. The van der Waals surface area contributed by atoms with Crippen LogP contribution in [0.2, 0.25) is 0 Å². The van der Waals surface area contributed by atoms with Crippen LogP contribution in [0.5, 0.6) is 0 Å². The minimum absolute atomic E-state index is 0.256. The van der Waals surface area contributed by atoms with Crippen LogP contribution >= 0.6 is 0 Å². The minimum Gasteiger partial charge on any atom is -0.399 e. The third-order valence-electron chi connectivity index (χ3n) is 4.28. The Labute approximate surface area is 111 Å². The quantitative estimate of drug-likeness (QED) is 0.812. The first-order valence-corrected chi connectivity index (χ1v) is 6.68. The van der Waals surface area contributed by atoms with Crippen molar-refractivity contribution >= 4 is 5.69 Å². The zero-order valence-corrected chi connectivity index (χ0v) is 12.0. The molecule has 0 bridgehead atoms. The smallest absolute Gasteiger partial charge is 0.0346 e. The van der Waals surface area contributed by atoms with Gasteiger partial charge in [-0.3, -0.25) is 9.80 Å². The maximum Gasteiger partial charge on any atom is 0.0346 e. The lowest BCUT2D eigenvalue weighted by Crippen LogP contribution is -2.57. The van der Waals surface area contributed by atoms with E-state index in [1.807, 2.05) is 6.07 Å². The van der Waals surface area contributed by atoms with Crippen LogP contribution in [-0.2, 0) is 6.54 Å². The molecule has 1 aliphatic heterocycles. The molecule has 1 fully saturated rings. The molecule has 100 valence electrons. The predicted molar refractivity (Wildman–Crippen MR) is 77.6 cm³/mol. The molecule has 3 heteroatoms. The lowest BCUT2D eigenvalue weighted by atomic mass is 9.98. The van der Waals surface area contributed by atoms with Crippen molar-refractivity contribution in [1.29, 1.82) is 0 Å². The Morgan fingerprint density at radius 3 is 2.67 bits per heavy atom. The fraction of sp³-hybridized carbons (Fsp3) is 0.600. The van der Waals surface area contributed by atoms with Gasteiger partial charge in [0.2, 0.25) is 0 Å². The lowest BCUT2D eigenvalue weighted by Gasteiger charge is -2.45. The van der Waals surface area contributed by atoms with Gasteiger partial charge in [-0.15, -0.1) is 0 Å². The van der Waals surface area contributed by atoms with Gasteiger partial charge in [0.1, 0.15) is 0 Å². The first-order valence-electron chi connectivity index (χ1n) is 6.68. The molecule has 0 saturated carbocycles. The highest BCUT2D eigenvalue weighted by atomic mass is 15.3. The highest BCUT2D eigenvalue weighted by molar-refractivity contribution is 5.49. The van der Waals surface area contributed by atoms with E-state index in [2.05, 4.69) is 49.8 Å². The molecule has 1 heterocycles. The van der Waals surface area contributed by atoms with Gasteiger partial charge in [0, 0.05) is 37.4 Å². The molecule has 1 saturated heterocycles. The number of piperazine rings is 1. The molecular weight excluding hydrogens is 222 g/mol. The van der Waals surface area contributed by atoms with Crippen molar-refractivity contribution in [2.24, 2.45) is 0 Å². The molecule has 1 aliphatic rings. The van der Waals surface area contributed by atoms with Gasteiger partial charge in [0.25, 0.3) is 0 Å². The molecule has 0 spiro atoms. The monoisotopic (exact) mass is 247 g/mol. The van der Waals surface area contributed by atoms with Crippen LogP contribution in [0.4, 0.5) is 5.69 Å². The topological polar surface area (TPSA) is 32.5 Å². The molecular formula is C15H25N3. The molecule has 0 aliphatic carbocycles. The summed E-state index contributed by atoms with van der Waals surface area (Å²) in [6.45, 7) is 11.1. The van der Waals surface area contributed by atoms with E-state index in [4.69, 9.17) is 5.73 Å². The number of nitrogens with zero attached hydrogens (tertiary/aromatic N) is 2. The molecule has 1 aromatic carbocycles. The summed E-state index contributed by atoms with van der Waals surface area (Å²) in [5, 5.41) is 0. The third kappa shape index (κ3) is 2.68. The zero-order chi connectivity index (χ0) is 13.3. The van der Waals surface area contributed by atoms with Gasteiger partial charge in [-0.25, -0.2) is 0 Å². The van der Waals surface area contributed by atoms with Crippen LogP contribution in [-0.4, -0.2) is 42.0 Å². The van der Waals surface area contributed by atoms with Crippen LogP contribution in [0, 0.1) is 6.92 Å². The number of likely N-dealkylation sites (N-methyl/N-ethyl adjacent to an activating group) is 1. The van der Waals surface area contributed by atoms with Gasteiger partial charge in [-0.2, -0.15) is 0 Å². The molecule has 1 aromatic rings. The van der Waals surface area contributed by atoms with Crippen molar-refractivity contribution in [2.45, 2.75) is 32.9 Å². The predicted octanol–water partition coefficient (Wildman–Crippen LogP) is 2.10. The van der Waals surface area contributed by atoms with Gasteiger partial charge < -0.3 is 5.73 Å². The summed E-state index contributed by atoms with van der Waals surface area (Å²) in [7, 11) is 2.21. The standard InChI is InChI=1S/C15H25N3/c1-12-13(6-5-7-14(12)16)10-18-9-8-17(4)15(2,3)11-18/h5-7H,8-11,16H2,1-4H3. The van der Waals surface area contributed by atoms with Crippen molar-refractivity contribution in [2.75, 3.05) is 32.4 Å². The van der Waals surface area contributed by atoms with Crippen molar-refractivity contribution < 1.29 is 0 Å². The van der Waals surface area contributed by atoms with E-state index in [9.17, 15) is 0 Å². The van der Waals surface area contributed by atoms with E-state index in [-0.39, 0.29) is 5.54 Å². The molecule has 18 heavy (non-hydrogen) atoms. The minimum atomic E-state index is 0.256. The fourth-order valence-corrected chi connectivity index (χ4v) is 2.59. The van der Waals surface area contributed by atoms with Crippen molar-refractivity contribution in [3.8, 4) is 0 Å². The molecule has 2 rings (SSSR count). The first-order chi connectivity index (χ1) is 8.40. The van der Waals surface area contributed by atoms with Crippen molar-refractivity contribution in [3.63, 3.8) is 0 Å². The van der Waals surface area contributed by atoms with E-state index in [0.717, 1.165) is 31.9 Å². The third-order valence-corrected chi connectivity index (χ3v) is 4.28. The van der Waals surface area contributed by atoms with E-state index >= 15 is 0 Å². The van der Waals surface area contributed by atoms with Gasteiger partial charge in [-0.05, 0) is 45.0 Å². The molecule has 0 radical (unpaired) electrons.